The highest BCUT2D eigenvalue weighted by atomic mass is 16.2. The van der Waals surface area contributed by atoms with E-state index in [1.54, 1.807) is 18.2 Å². The third kappa shape index (κ3) is 4.21. The van der Waals surface area contributed by atoms with Crippen LogP contribution in [0.25, 0.3) is 0 Å². The molecule has 2 heterocycles. The lowest BCUT2D eigenvalue weighted by Crippen LogP contribution is -2.36. The monoisotopic (exact) mass is 353 g/mol. The quantitative estimate of drug-likeness (QED) is 0.714. The van der Waals surface area contributed by atoms with Crippen LogP contribution in [0, 0.1) is 0 Å². The minimum absolute atomic E-state index is 0.0650. The second-order valence-electron chi connectivity index (χ2n) is 6.11. The van der Waals surface area contributed by atoms with Gasteiger partial charge in [-0.05, 0) is 37.1 Å². The molecule has 1 aromatic heterocycles. The average Bonchev–Trinajstić information content (AvgIpc) is 3.01. The Hall–Kier alpha value is -3.29. The van der Waals surface area contributed by atoms with E-state index < -0.39 is 0 Å². The largest absolute Gasteiger partial charge is 0.351 e. The number of anilines is 1. The molecule has 26 heavy (non-hydrogen) atoms. The normalized spacial score (nSPS) is 13.5. The third-order valence-electron chi connectivity index (χ3n) is 4.03. The van der Waals surface area contributed by atoms with Gasteiger partial charge >= 0.3 is 0 Å². The minimum atomic E-state index is -0.299. The molecule has 2 aromatic rings. The summed E-state index contributed by atoms with van der Waals surface area (Å²) < 4.78 is 0. The third-order valence-corrected chi connectivity index (χ3v) is 4.03. The van der Waals surface area contributed by atoms with Gasteiger partial charge in [-0.15, -0.1) is 0 Å². The van der Waals surface area contributed by atoms with Crippen molar-refractivity contribution >= 4 is 23.4 Å². The summed E-state index contributed by atoms with van der Waals surface area (Å²) in [7, 11) is 0. The standard InChI is InChI=1S/C18H19N5O3/c1-11(4-5-21-18(26)15-10-19-6-7-20-15)22-17(25)12-2-3-14-13(8-12)9-16(24)23-14/h2-3,6-8,10-11H,4-5,9H2,1H3,(H,21,26)(H,22,25)(H,23,24)/t11-/m0/s1. The number of nitrogens with zero attached hydrogens (tertiary/aromatic N) is 2. The zero-order chi connectivity index (χ0) is 18.5. The molecule has 0 bridgehead atoms. The summed E-state index contributed by atoms with van der Waals surface area (Å²) in [5.74, 6) is -0.572. The second kappa shape index (κ2) is 7.73. The summed E-state index contributed by atoms with van der Waals surface area (Å²) in [4.78, 5) is 43.4. The fourth-order valence-electron chi connectivity index (χ4n) is 2.66. The number of rotatable bonds is 6. The van der Waals surface area contributed by atoms with Gasteiger partial charge in [-0.3, -0.25) is 19.4 Å². The van der Waals surface area contributed by atoms with E-state index in [1.807, 2.05) is 6.92 Å². The molecule has 3 rings (SSSR count). The highest BCUT2D eigenvalue weighted by molar-refractivity contribution is 6.01. The van der Waals surface area contributed by atoms with Gasteiger partial charge in [-0.25, -0.2) is 4.98 Å². The van der Waals surface area contributed by atoms with E-state index in [0.717, 1.165) is 11.3 Å². The summed E-state index contributed by atoms with van der Waals surface area (Å²) >= 11 is 0. The summed E-state index contributed by atoms with van der Waals surface area (Å²) in [6, 6.07) is 5.02. The van der Waals surface area contributed by atoms with Gasteiger partial charge in [-0.2, -0.15) is 0 Å². The highest BCUT2D eigenvalue weighted by Crippen LogP contribution is 2.23. The molecule has 3 amide bonds. The molecular weight excluding hydrogens is 334 g/mol. The first-order chi connectivity index (χ1) is 12.5. The SMILES string of the molecule is C[C@@H](CCNC(=O)c1cnccn1)NC(=O)c1ccc2c(c1)CC(=O)N2. The Labute approximate surface area is 150 Å². The van der Waals surface area contributed by atoms with Crippen LogP contribution in [0.15, 0.2) is 36.8 Å². The fraction of sp³-hybridized carbons (Fsp3) is 0.278. The van der Waals surface area contributed by atoms with E-state index in [2.05, 4.69) is 25.9 Å². The minimum Gasteiger partial charge on any atom is -0.351 e. The molecule has 0 fully saturated rings. The molecule has 134 valence electrons. The second-order valence-corrected chi connectivity index (χ2v) is 6.11. The van der Waals surface area contributed by atoms with E-state index in [9.17, 15) is 14.4 Å². The molecule has 8 heteroatoms. The number of hydrogen-bond donors (Lipinski definition) is 3. The predicted octanol–water partition coefficient (Wildman–Crippen LogP) is 0.910. The fourth-order valence-corrected chi connectivity index (χ4v) is 2.66. The van der Waals surface area contributed by atoms with Crippen molar-refractivity contribution in [3.8, 4) is 0 Å². The highest BCUT2D eigenvalue weighted by Gasteiger charge is 2.19. The average molecular weight is 353 g/mol. The van der Waals surface area contributed by atoms with Crippen LogP contribution in [-0.2, 0) is 11.2 Å². The van der Waals surface area contributed by atoms with Crippen LogP contribution in [0.5, 0.6) is 0 Å². The van der Waals surface area contributed by atoms with Crippen LogP contribution in [0.1, 0.15) is 39.8 Å². The van der Waals surface area contributed by atoms with Gasteiger partial charge in [0.1, 0.15) is 5.69 Å². The van der Waals surface area contributed by atoms with Crippen molar-refractivity contribution in [1.82, 2.24) is 20.6 Å². The molecule has 1 aliphatic heterocycles. The maximum atomic E-state index is 12.3. The maximum Gasteiger partial charge on any atom is 0.271 e. The Balaban J connectivity index is 1.47. The van der Waals surface area contributed by atoms with Crippen LogP contribution in [0.3, 0.4) is 0 Å². The molecule has 0 saturated heterocycles. The lowest BCUT2D eigenvalue weighted by molar-refractivity contribution is -0.115. The van der Waals surface area contributed by atoms with Gasteiger partial charge in [0.25, 0.3) is 11.8 Å². The summed E-state index contributed by atoms with van der Waals surface area (Å²) in [6.07, 6.45) is 5.22. The van der Waals surface area contributed by atoms with E-state index in [-0.39, 0.29) is 29.5 Å². The Bertz CT molecular complexity index is 838. The van der Waals surface area contributed by atoms with Crippen molar-refractivity contribution in [3.63, 3.8) is 0 Å². The van der Waals surface area contributed by atoms with Gasteiger partial charge in [0, 0.05) is 36.2 Å². The Kier molecular flexibility index (Phi) is 5.21. The van der Waals surface area contributed by atoms with Crippen molar-refractivity contribution in [1.29, 1.82) is 0 Å². The van der Waals surface area contributed by atoms with Crippen LogP contribution in [-0.4, -0.2) is 40.3 Å². The molecule has 8 nitrogen and oxygen atoms in total. The molecule has 1 aromatic carbocycles. The first-order valence-electron chi connectivity index (χ1n) is 8.31. The number of carbonyl (C=O) groups is 3. The van der Waals surface area contributed by atoms with Gasteiger partial charge in [0.05, 0.1) is 12.6 Å². The number of carbonyl (C=O) groups excluding carboxylic acids is 3. The number of aromatic nitrogens is 2. The number of fused-ring (bicyclic) bond motifs is 1. The van der Waals surface area contributed by atoms with E-state index >= 15 is 0 Å². The Morgan fingerprint density at radius 2 is 2.12 bits per heavy atom. The molecule has 1 atom stereocenters. The van der Waals surface area contributed by atoms with Gasteiger partial charge < -0.3 is 16.0 Å². The molecule has 0 radical (unpaired) electrons. The van der Waals surface area contributed by atoms with Crippen molar-refractivity contribution in [2.24, 2.45) is 0 Å². The summed E-state index contributed by atoms with van der Waals surface area (Å²) in [5.41, 5.74) is 2.35. The van der Waals surface area contributed by atoms with Crippen molar-refractivity contribution in [2.45, 2.75) is 25.8 Å². The molecule has 0 saturated carbocycles. The van der Waals surface area contributed by atoms with E-state index in [0.29, 0.717) is 24.9 Å². The Morgan fingerprint density at radius 1 is 1.27 bits per heavy atom. The maximum absolute atomic E-state index is 12.3. The van der Waals surface area contributed by atoms with Crippen molar-refractivity contribution < 1.29 is 14.4 Å². The lowest BCUT2D eigenvalue weighted by Gasteiger charge is -2.14. The van der Waals surface area contributed by atoms with Crippen molar-refractivity contribution in [2.75, 3.05) is 11.9 Å². The van der Waals surface area contributed by atoms with Crippen molar-refractivity contribution in [3.05, 3.63) is 53.6 Å². The van der Waals surface area contributed by atoms with Gasteiger partial charge in [0.15, 0.2) is 0 Å². The Morgan fingerprint density at radius 3 is 2.88 bits per heavy atom. The lowest BCUT2D eigenvalue weighted by atomic mass is 10.1. The predicted molar refractivity (Wildman–Crippen MR) is 94.7 cm³/mol. The molecule has 0 spiro atoms. The van der Waals surface area contributed by atoms with Crippen LogP contribution in [0.2, 0.25) is 0 Å². The van der Waals surface area contributed by atoms with Crippen LogP contribution < -0.4 is 16.0 Å². The topological polar surface area (TPSA) is 113 Å². The molecule has 1 aliphatic rings. The first-order valence-corrected chi connectivity index (χ1v) is 8.31. The zero-order valence-electron chi connectivity index (χ0n) is 14.3. The molecule has 0 unspecified atom stereocenters. The smallest absolute Gasteiger partial charge is 0.271 e. The van der Waals surface area contributed by atoms with Gasteiger partial charge in [-0.1, -0.05) is 0 Å². The molecule has 3 N–H and O–H groups in total. The summed E-state index contributed by atoms with van der Waals surface area (Å²) in [6.45, 7) is 2.27. The number of nitrogens with one attached hydrogen (secondary N) is 3. The van der Waals surface area contributed by atoms with E-state index in [1.165, 1.54) is 18.6 Å². The van der Waals surface area contributed by atoms with Crippen LogP contribution >= 0.6 is 0 Å². The van der Waals surface area contributed by atoms with E-state index in [4.69, 9.17) is 0 Å². The summed E-state index contributed by atoms with van der Waals surface area (Å²) in [5, 5.41) is 8.37. The first kappa shape index (κ1) is 17.5. The zero-order valence-corrected chi connectivity index (χ0v) is 14.3. The van der Waals surface area contributed by atoms with Gasteiger partial charge in [0.2, 0.25) is 5.91 Å². The number of benzene rings is 1. The molecule has 0 aliphatic carbocycles. The molecular formula is C18H19N5O3. The van der Waals surface area contributed by atoms with Crippen LogP contribution in [0.4, 0.5) is 5.69 Å². The number of hydrogen-bond acceptors (Lipinski definition) is 5. The number of amides is 3.